The van der Waals surface area contributed by atoms with Gasteiger partial charge in [0.2, 0.25) is 5.89 Å². The molecule has 1 N–H and O–H groups in total. The van der Waals surface area contributed by atoms with Crippen LogP contribution in [0.4, 0.5) is 0 Å². The van der Waals surface area contributed by atoms with Crippen LogP contribution in [0.25, 0.3) is 11.5 Å². The SMILES string of the molecule is O=[C-]c1nnc(-c2ccccc2)o1.[Na+].[OH-]. The number of hydrogen-bond acceptors (Lipinski definition) is 5. The summed E-state index contributed by atoms with van der Waals surface area (Å²) in [6.45, 7) is 0. The molecule has 0 radical (unpaired) electrons. The van der Waals surface area contributed by atoms with Crippen LogP contribution in [0.15, 0.2) is 34.7 Å². The molecule has 0 unspecified atom stereocenters. The van der Waals surface area contributed by atoms with Gasteiger partial charge in [-0.2, -0.15) is 6.29 Å². The summed E-state index contributed by atoms with van der Waals surface area (Å²) in [5.41, 5.74) is 0.788. The van der Waals surface area contributed by atoms with Crippen molar-refractivity contribution in [2.45, 2.75) is 0 Å². The van der Waals surface area contributed by atoms with E-state index in [2.05, 4.69) is 10.2 Å². The first-order chi connectivity index (χ1) is 6.40. The first-order valence-corrected chi connectivity index (χ1v) is 3.67. The number of benzene rings is 1. The summed E-state index contributed by atoms with van der Waals surface area (Å²) in [5.74, 6) is 0.206. The third kappa shape index (κ3) is 3.24. The summed E-state index contributed by atoms with van der Waals surface area (Å²) in [6.07, 6.45) is 1.53. The second kappa shape index (κ2) is 6.47. The van der Waals surface area contributed by atoms with Crippen LogP contribution in [0.5, 0.6) is 0 Å². The molecule has 15 heavy (non-hydrogen) atoms. The standard InChI is InChI=1S/C9H5N2O2.Na.H2O/c12-6-8-10-11-9(13-8)7-4-2-1-3-5-7;;/h1-5H;;1H2/q-1;+1;/p-1. The number of rotatable bonds is 2. The van der Waals surface area contributed by atoms with Crippen LogP contribution in [0, 0.1) is 0 Å². The van der Waals surface area contributed by atoms with Crippen molar-refractivity contribution in [3.63, 3.8) is 0 Å². The van der Waals surface area contributed by atoms with Gasteiger partial charge < -0.3 is 14.7 Å². The molecule has 1 aromatic heterocycles. The minimum absolute atomic E-state index is 0. The largest absolute Gasteiger partial charge is 1.00 e. The second-order valence-corrected chi connectivity index (χ2v) is 2.38. The van der Waals surface area contributed by atoms with Gasteiger partial charge >= 0.3 is 29.6 Å². The van der Waals surface area contributed by atoms with E-state index in [0.717, 1.165) is 5.56 Å². The molecule has 72 valence electrons. The van der Waals surface area contributed by atoms with Crippen molar-refractivity contribution in [2.75, 3.05) is 0 Å². The Labute approximate surface area is 108 Å². The van der Waals surface area contributed by atoms with Gasteiger partial charge in [0.1, 0.15) is 5.89 Å². The van der Waals surface area contributed by atoms with E-state index in [1.54, 1.807) is 0 Å². The molecule has 0 fully saturated rings. The van der Waals surface area contributed by atoms with Gasteiger partial charge in [0, 0.05) is 5.56 Å². The molecule has 0 aliphatic heterocycles. The fraction of sp³-hybridized carbons (Fsp3) is 0. The van der Waals surface area contributed by atoms with E-state index in [4.69, 9.17) is 4.42 Å². The molecule has 2 aromatic rings. The third-order valence-corrected chi connectivity index (χ3v) is 1.53. The quantitative estimate of drug-likeness (QED) is 0.426. The summed E-state index contributed by atoms with van der Waals surface area (Å²) >= 11 is 0. The second-order valence-electron chi connectivity index (χ2n) is 2.38. The Bertz CT molecular complexity index is 416. The number of hydrogen-bond donors (Lipinski definition) is 0. The van der Waals surface area contributed by atoms with Gasteiger partial charge in [-0.15, -0.1) is 10.2 Å². The predicted octanol–water partition coefficient (Wildman–Crippen LogP) is -1.98. The summed E-state index contributed by atoms with van der Waals surface area (Å²) in [4.78, 5) is 10.1. The van der Waals surface area contributed by atoms with Gasteiger partial charge in [-0.25, -0.2) is 0 Å². The van der Waals surface area contributed by atoms with Gasteiger partial charge in [0.15, 0.2) is 0 Å². The maximum absolute atomic E-state index is 10.1. The molecule has 1 aromatic carbocycles. The maximum atomic E-state index is 10.1. The third-order valence-electron chi connectivity index (χ3n) is 1.53. The molecule has 0 saturated heterocycles. The minimum atomic E-state index is -0.126. The van der Waals surface area contributed by atoms with E-state index >= 15 is 0 Å². The molecule has 0 aliphatic rings. The first kappa shape index (κ1) is 14.0. The smallest absolute Gasteiger partial charge is 0.870 e. The molecule has 2 rings (SSSR count). The minimum Gasteiger partial charge on any atom is -0.870 e. The van der Waals surface area contributed by atoms with Crippen molar-refractivity contribution < 1.29 is 44.2 Å². The van der Waals surface area contributed by atoms with E-state index in [-0.39, 0.29) is 40.9 Å². The van der Waals surface area contributed by atoms with Crippen molar-refractivity contribution in [3.05, 3.63) is 36.2 Å². The van der Waals surface area contributed by atoms with E-state index in [1.165, 1.54) is 6.29 Å². The van der Waals surface area contributed by atoms with Gasteiger partial charge in [-0.1, -0.05) is 18.2 Å². The molecule has 0 atom stereocenters. The van der Waals surface area contributed by atoms with E-state index in [1.807, 2.05) is 30.3 Å². The van der Waals surface area contributed by atoms with E-state index in [0.29, 0.717) is 5.89 Å². The van der Waals surface area contributed by atoms with Gasteiger partial charge in [-0.3, -0.25) is 0 Å². The first-order valence-electron chi connectivity index (χ1n) is 3.67. The molecule has 0 bridgehead atoms. The van der Waals surface area contributed by atoms with Crippen LogP contribution in [-0.4, -0.2) is 22.0 Å². The van der Waals surface area contributed by atoms with Gasteiger partial charge in [0.25, 0.3) is 0 Å². The Morgan fingerprint density at radius 3 is 2.33 bits per heavy atom. The van der Waals surface area contributed by atoms with Crippen LogP contribution in [0.2, 0.25) is 0 Å². The Kier molecular flexibility index (Phi) is 6.03. The Hall–Kier alpha value is -1.01. The summed E-state index contributed by atoms with van der Waals surface area (Å²) in [7, 11) is 0. The molecular weight excluding hydrogens is 207 g/mol. The van der Waals surface area contributed by atoms with Crippen LogP contribution in [0.1, 0.15) is 5.89 Å². The molecular formula is C9H6N2NaO3-. The average molecular weight is 213 g/mol. The van der Waals surface area contributed by atoms with Crippen LogP contribution in [-0.2, 0) is 4.79 Å². The molecule has 5 nitrogen and oxygen atoms in total. The molecule has 0 saturated carbocycles. The van der Waals surface area contributed by atoms with Crippen LogP contribution >= 0.6 is 0 Å². The van der Waals surface area contributed by atoms with Crippen molar-refractivity contribution >= 4 is 6.29 Å². The van der Waals surface area contributed by atoms with Crippen LogP contribution in [0.3, 0.4) is 0 Å². The molecule has 0 amide bonds. The molecule has 6 heteroatoms. The van der Waals surface area contributed by atoms with E-state index < -0.39 is 0 Å². The zero-order valence-electron chi connectivity index (χ0n) is 8.04. The molecule has 1 heterocycles. The van der Waals surface area contributed by atoms with Gasteiger partial charge in [-0.05, 0) is 12.1 Å². The van der Waals surface area contributed by atoms with Crippen molar-refractivity contribution in [1.29, 1.82) is 0 Å². The molecule has 0 aliphatic carbocycles. The monoisotopic (exact) mass is 213 g/mol. The normalized spacial score (nSPS) is 8.53. The summed E-state index contributed by atoms with van der Waals surface area (Å²) < 4.78 is 4.97. The van der Waals surface area contributed by atoms with Crippen molar-refractivity contribution in [1.82, 2.24) is 10.2 Å². The van der Waals surface area contributed by atoms with Crippen LogP contribution < -0.4 is 29.6 Å². The number of aromatic nitrogens is 2. The maximum Gasteiger partial charge on any atom is 1.00 e. The number of carbonyl (C=O) groups excluding carboxylic acids is 1. The van der Waals surface area contributed by atoms with Gasteiger partial charge in [0.05, 0.1) is 0 Å². The zero-order valence-corrected chi connectivity index (χ0v) is 10.0. The average Bonchev–Trinajstić information content (AvgIpc) is 2.67. The Morgan fingerprint density at radius 2 is 1.80 bits per heavy atom. The van der Waals surface area contributed by atoms with Crippen molar-refractivity contribution in [3.8, 4) is 11.5 Å². The fourth-order valence-electron chi connectivity index (χ4n) is 0.962. The zero-order chi connectivity index (χ0) is 9.10. The summed E-state index contributed by atoms with van der Waals surface area (Å²) in [5, 5.41) is 7.15. The molecule has 0 spiro atoms. The topological polar surface area (TPSA) is 86.0 Å². The summed E-state index contributed by atoms with van der Waals surface area (Å²) in [6, 6.07) is 9.23. The predicted molar refractivity (Wildman–Crippen MR) is 46.5 cm³/mol. The van der Waals surface area contributed by atoms with E-state index in [9.17, 15) is 4.79 Å². The fourth-order valence-corrected chi connectivity index (χ4v) is 0.962. The Morgan fingerprint density at radius 1 is 1.13 bits per heavy atom. The number of nitrogens with zero attached hydrogens (tertiary/aromatic N) is 2. The van der Waals surface area contributed by atoms with Crippen molar-refractivity contribution in [2.24, 2.45) is 0 Å². The Balaban J connectivity index is 0.000000980.